The highest BCUT2D eigenvalue weighted by atomic mass is 32.2. The molecule has 10 heteroatoms. The van der Waals surface area contributed by atoms with E-state index in [1.54, 1.807) is 0 Å². The largest absolute Gasteiger partial charge is 0.480 e. The number of amides is 3. The molecule has 4 atom stereocenters. The van der Waals surface area contributed by atoms with Crippen LogP contribution in [0.5, 0.6) is 0 Å². The second-order valence-electron chi connectivity index (χ2n) is 9.30. The lowest BCUT2D eigenvalue weighted by Crippen LogP contribution is -2.57. The molecule has 1 rings (SSSR count). The fraction of sp³-hybridized carbons (Fsp3) is 0.818. The molecule has 1 fully saturated rings. The molecule has 1 aliphatic heterocycles. The van der Waals surface area contributed by atoms with Crippen molar-refractivity contribution >= 4 is 35.5 Å². The van der Waals surface area contributed by atoms with Gasteiger partial charge in [-0.3, -0.25) is 14.4 Å². The average Bonchev–Trinajstić information content (AvgIpc) is 3.19. The first kappa shape index (κ1) is 28.2. The van der Waals surface area contributed by atoms with E-state index in [2.05, 4.69) is 10.6 Å². The van der Waals surface area contributed by atoms with Gasteiger partial charge in [0.2, 0.25) is 17.7 Å². The number of rotatable bonds is 13. The number of nitrogens with two attached hydrogens (primary N) is 1. The first-order chi connectivity index (χ1) is 15.0. The lowest BCUT2D eigenvalue weighted by atomic mass is 10.00. The van der Waals surface area contributed by atoms with Crippen molar-refractivity contribution in [2.75, 3.05) is 18.6 Å². The van der Waals surface area contributed by atoms with Crippen LogP contribution in [-0.2, 0) is 19.2 Å². The standard InChI is InChI=1S/C22H40N4O5S/c1-13(2)11-15(23)19(27)25-17(12-14(3)4)20(28)24-16(8-10-32-5)21(29)26-9-6-7-18(26)22(30)31/h13-18H,6-12,23H2,1-5H3,(H,24,28)(H,25,27)(H,30,31). The quantitative estimate of drug-likeness (QED) is 0.315. The van der Waals surface area contributed by atoms with Gasteiger partial charge in [-0.05, 0) is 55.9 Å². The van der Waals surface area contributed by atoms with E-state index < -0.39 is 42.0 Å². The van der Waals surface area contributed by atoms with Crippen molar-refractivity contribution in [1.82, 2.24) is 15.5 Å². The smallest absolute Gasteiger partial charge is 0.326 e. The summed E-state index contributed by atoms with van der Waals surface area (Å²) < 4.78 is 0. The number of likely N-dealkylation sites (tertiary alicyclic amines) is 1. The van der Waals surface area contributed by atoms with Crippen molar-refractivity contribution in [2.24, 2.45) is 17.6 Å². The van der Waals surface area contributed by atoms with Crippen LogP contribution in [0.4, 0.5) is 0 Å². The molecule has 0 radical (unpaired) electrons. The van der Waals surface area contributed by atoms with Crippen molar-refractivity contribution in [2.45, 2.75) is 84.0 Å². The Bertz CT molecular complexity index is 658. The molecule has 1 heterocycles. The van der Waals surface area contributed by atoms with Crippen LogP contribution in [0.15, 0.2) is 0 Å². The second kappa shape index (κ2) is 13.7. The van der Waals surface area contributed by atoms with Crippen molar-refractivity contribution in [3.63, 3.8) is 0 Å². The number of nitrogens with one attached hydrogen (secondary N) is 2. The number of thioether (sulfide) groups is 1. The molecular weight excluding hydrogens is 432 g/mol. The van der Waals surface area contributed by atoms with Gasteiger partial charge >= 0.3 is 5.97 Å². The fourth-order valence-electron chi connectivity index (χ4n) is 3.85. The van der Waals surface area contributed by atoms with Crippen molar-refractivity contribution in [1.29, 1.82) is 0 Å². The third-order valence-corrected chi connectivity index (χ3v) is 6.09. The fourth-order valence-corrected chi connectivity index (χ4v) is 4.32. The van der Waals surface area contributed by atoms with Gasteiger partial charge in [0, 0.05) is 6.54 Å². The molecule has 0 aromatic rings. The van der Waals surface area contributed by atoms with Crippen molar-refractivity contribution in [3.8, 4) is 0 Å². The molecule has 9 nitrogen and oxygen atoms in total. The number of hydrogen-bond donors (Lipinski definition) is 4. The maximum absolute atomic E-state index is 13.1. The molecule has 0 aromatic carbocycles. The van der Waals surface area contributed by atoms with Crippen molar-refractivity contribution < 1.29 is 24.3 Å². The van der Waals surface area contributed by atoms with Crippen LogP contribution in [0.25, 0.3) is 0 Å². The minimum absolute atomic E-state index is 0.127. The highest BCUT2D eigenvalue weighted by Crippen LogP contribution is 2.20. The van der Waals surface area contributed by atoms with E-state index in [1.807, 2.05) is 34.0 Å². The Morgan fingerprint density at radius 3 is 2.16 bits per heavy atom. The molecule has 4 unspecified atom stereocenters. The van der Waals surface area contributed by atoms with E-state index in [9.17, 15) is 24.3 Å². The van der Waals surface area contributed by atoms with Gasteiger partial charge in [0.1, 0.15) is 18.1 Å². The van der Waals surface area contributed by atoms with Crippen LogP contribution in [0.2, 0.25) is 0 Å². The molecule has 1 saturated heterocycles. The number of carboxylic acids is 1. The van der Waals surface area contributed by atoms with Crippen LogP contribution in [0.1, 0.15) is 59.8 Å². The van der Waals surface area contributed by atoms with Crippen molar-refractivity contribution in [3.05, 3.63) is 0 Å². The van der Waals surface area contributed by atoms with E-state index in [1.165, 1.54) is 16.7 Å². The zero-order valence-corrected chi connectivity index (χ0v) is 20.7. The third kappa shape index (κ3) is 8.97. The molecule has 0 saturated carbocycles. The minimum Gasteiger partial charge on any atom is -0.480 e. The monoisotopic (exact) mass is 472 g/mol. The Balaban J connectivity index is 2.96. The van der Waals surface area contributed by atoms with Crippen LogP contribution in [0.3, 0.4) is 0 Å². The summed E-state index contributed by atoms with van der Waals surface area (Å²) in [5.41, 5.74) is 5.98. The van der Waals surface area contributed by atoms with E-state index in [0.29, 0.717) is 44.4 Å². The molecular formula is C22H40N4O5S. The van der Waals surface area contributed by atoms with Gasteiger partial charge < -0.3 is 26.4 Å². The molecule has 5 N–H and O–H groups in total. The summed E-state index contributed by atoms with van der Waals surface area (Å²) in [6.07, 6.45) is 4.20. The normalized spacial score (nSPS) is 19.0. The van der Waals surface area contributed by atoms with E-state index in [4.69, 9.17) is 5.73 Å². The highest BCUT2D eigenvalue weighted by Gasteiger charge is 2.38. The lowest BCUT2D eigenvalue weighted by Gasteiger charge is -2.29. The number of carbonyl (C=O) groups is 4. The third-order valence-electron chi connectivity index (χ3n) is 5.45. The molecule has 1 aliphatic rings. The lowest BCUT2D eigenvalue weighted by molar-refractivity contribution is -0.149. The Hall–Kier alpha value is -1.81. The van der Waals surface area contributed by atoms with Gasteiger partial charge in [0.15, 0.2) is 0 Å². The summed E-state index contributed by atoms with van der Waals surface area (Å²) in [6.45, 7) is 8.18. The summed E-state index contributed by atoms with van der Waals surface area (Å²) >= 11 is 1.54. The number of carboxylic acid groups (broad SMARTS) is 1. The Morgan fingerprint density at radius 2 is 1.62 bits per heavy atom. The van der Waals surface area contributed by atoms with Gasteiger partial charge in [0.05, 0.1) is 6.04 Å². The maximum Gasteiger partial charge on any atom is 0.326 e. The highest BCUT2D eigenvalue weighted by molar-refractivity contribution is 7.98. The second-order valence-corrected chi connectivity index (χ2v) is 10.3. The van der Waals surface area contributed by atoms with Gasteiger partial charge in [-0.1, -0.05) is 27.7 Å². The predicted octanol–water partition coefficient (Wildman–Crippen LogP) is 1.20. The van der Waals surface area contributed by atoms with Gasteiger partial charge in [0.25, 0.3) is 0 Å². The molecule has 184 valence electrons. The van der Waals surface area contributed by atoms with Crippen LogP contribution in [-0.4, -0.2) is 76.4 Å². The Morgan fingerprint density at radius 1 is 1.03 bits per heavy atom. The Kier molecular flexibility index (Phi) is 12.1. The summed E-state index contributed by atoms with van der Waals surface area (Å²) in [5, 5.41) is 15.0. The summed E-state index contributed by atoms with van der Waals surface area (Å²) in [4.78, 5) is 51.6. The number of hydrogen-bond acceptors (Lipinski definition) is 6. The zero-order valence-electron chi connectivity index (χ0n) is 19.9. The number of carbonyl (C=O) groups excluding carboxylic acids is 3. The molecule has 32 heavy (non-hydrogen) atoms. The zero-order chi connectivity index (χ0) is 24.4. The van der Waals surface area contributed by atoms with Crippen LogP contribution in [0, 0.1) is 11.8 Å². The summed E-state index contributed by atoms with van der Waals surface area (Å²) in [5.74, 6) is -1.26. The number of aliphatic carboxylic acids is 1. The van der Waals surface area contributed by atoms with Gasteiger partial charge in [-0.2, -0.15) is 11.8 Å². The molecule has 0 bridgehead atoms. The van der Waals surface area contributed by atoms with Crippen LogP contribution < -0.4 is 16.4 Å². The van der Waals surface area contributed by atoms with E-state index >= 15 is 0 Å². The Labute approximate surface area is 195 Å². The van der Waals surface area contributed by atoms with Gasteiger partial charge in [-0.25, -0.2) is 4.79 Å². The molecule has 3 amide bonds. The minimum atomic E-state index is -1.03. The van der Waals surface area contributed by atoms with Crippen LogP contribution >= 0.6 is 11.8 Å². The summed E-state index contributed by atoms with van der Waals surface area (Å²) in [7, 11) is 0. The molecule has 0 spiro atoms. The average molecular weight is 473 g/mol. The van der Waals surface area contributed by atoms with Gasteiger partial charge in [-0.15, -0.1) is 0 Å². The first-order valence-corrected chi connectivity index (χ1v) is 12.8. The molecule has 0 aromatic heterocycles. The number of nitrogens with zero attached hydrogens (tertiary/aromatic N) is 1. The van der Waals surface area contributed by atoms with E-state index in [0.717, 1.165) is 0 Å². The predicted molar refractivity (Wildman–Crippen MR) is 126 cm³/mol. The molecule has 0 aliphatic carbocycles. The SMILES string of the molecule is CSCCC(NC(=O)C(CC(C)C)NC(=O)C(N)CC(C)C)C(=O)N1CCCC1C(=O)O. The summed E-state index contributed by atoms with van der Waals surface area (Å²) in [6, 6.07) is -3.24. The van der Waals surface area contributed by atoms with E-state index in [-0.39, 0.29) is 17.7 Å². The topological polar surface area (TPSA) is 142 Å². The first-order valence-electron chi connectivity index (χ1n) is 11.4. The maximum atomic E-state index is 13.1.